The summed E-state index contributed by atoms with van der Waals surface area (Å²) >= 11 is 3.18. The van der Waals surface area contributed by atoms with Crippen molar-refractivity contribution in [1.29, 1.82) is 0 Å². The van der Waals surface area contributed by atoms with Gasteiger partial charge in [0.25, 0.3) is 0 Å². The van der Waals surface area contributed by atoms with E-state index in [9.17, 15) is 4.39 Å². The lowest BCUT2D eigenvalue weighted by atomic mass is 10.3. The van der Waals surface area contributed by atoms with E-state index in [1.165, 1.54) is 6.07 Å². The highest BCUT2D eigenvalue weighted by molar-refractivity contribution is 9.10. The number of furan rings is 1. The summed E-state index contributed by atoms with van der Waals surface area (Å²) in [4.78, 5) is 5.75. The maximum absolute atomic E-state index is 13.6. The van der Waals surface area contributed by atoms with E-state index in [2.05, 4.69) is 20.9 Å². The van der Waals surface area contributed by atoms with Crippen LogP contribution in [-0.2, 0) is 6.54 Å². The highest BCUT2D eigenvalue weighted by Crippen LogP contribution is 2.20. The minimum absolute atomic E-state index is 0.308. The van der Waals surface area contributed by atoms with E-state index in [0.717, 1.165) is 11.5 Å². The fourth-order valence-electron chi connectivity index (χ4n) is 1.57. The molecule has 0 aliphatic heterocycles. The van der Waals surface area contributed by atoms with Gasteiger partial charge in [0.1, 0.15) is 11.5 Å². The van der Waals surface area contributed by atoms with Crippen molar-refractivity contribution in [3.8, 4) is 0 Å². The van der Waals surface area contributed by atoms with Crippen LogP contribution in [0.1, 0.15) is 11.5 Å². The van der Waals surface area contributed by atoms with Crippen LogP contribution >= 0.6 is 15.9 Å². The summed E-state index contributed by atoms with van der Waals surface area (Å²) in [7, 11) is 1.77. The van der Waals surface area contributed by atoms with Crippen molar-refractivity contribution in [2.75, 3.05) is 11.9 Å². The monoisotopic (exact) mass is 298 g/mol. The van der Waals surface area contributed by atoms with Crippen molar-refractivity contribution >= 4 is 21.7 Å². The van der Waals surface area contributed by atoms with Gasteiger partial charge in [0.15, 0.2) is 11.6 Å². The Balaban J connectivity index is 2.17. The van der Waals surface area contributed by atoms with Gasteiger partial charge in [-0.3, -0.25) is 0 Å². The van der Waals surface area contributed by atoms with Crippen LogP contribution in [0.5, 0.6) is 0 Å². The summed E-state index contributed by atoms with van der Waals surface area (Å²) in [6.45, 7) is 2.36. The van der Waals surface area contributed by atoms with Crippen LogP contribution < -0.4 is 4.90 Å². The molecule has 2 heterocycles. The van der Waals surface area contributed by atoms with Crippen molar-refractivity contribution in [2.45, 2.75) is 13.5 Å². The van der Waals surface area contributed by atoms with E-state index < -0.39 is 0 Å². The van der Waals surface area contributed by atoms with Crippen LogP contribution in [0.15, 0.2) is 33.3 Å². The minimum atomic E-state index is -0.356. The standard InChI is InChI=1S/C12H12BrFN2O/c1-8-3-4-10(17-8)7-16(2)12-11(14)5-9(13)6-15-12/h3-6H,7H2,1-2H3. The summed E-state index contributed by atoms with van der Waals surface area (Å²) in [5.41, 5.74) is 0. The number of hydrogen-bond donors (Lipinski definition) is 0. The summed E-state index contributed by atoms with van der Waals surface area (Å²) in [6.07, 6.45) is 1.57. The molecule has 0 unspecified atom stereocenters. The predicted octanol–water partition coefficient (Wildman–Crippen LogP) is 3.52. The Hall–Kier alpha value is -1.36. The summed E-state index contributed by atoms with van der Waals surface area (Å²) in [5.74, 6) is 1.58. The van der Waals surface area contributed by atoms with Crippen molar-refractivity contribution < 1.29 is 8.81 Å². The Kier molecular flexibility index (Phi) is 3.47. The SMILES string of the molecule is Cc1ccc(CN(C)c2ncc(Br)cc2F)o1. The van der Waals surface area contributed by atoms with E-state index in [1.807, 2.05) is 19.1 Å². The topological polar surface area (TPSA) is 29.3 Å². The zero-order chi connectivity index (χ0) is 12.4. The molecule has 0 atom stereocenters. The number of aryl methyl sites for hydroxylation is 1. The second-order valence-corrected chi connectivity index (χ2v) is 4.74. The van der Waals surface area contributed by atoms with Gasteiger partial charge in [0, 0.05) is 17.7 Å². The lowest BCUT2D eigenvalue weighted by Crippen LogP contribution is -2.18. The number of aromatic nitrogens is 1. The average molecular weight is 299 g/mol. The molecular formula is C12H12BrFN2O. The normalized spacial score (nSPS) is 10.6. The van der Waals surface area contributed by atoms with Gasteiger partial charge in [-0.2, -0.15) is 0 Å². The van der Waals surface area contributed by atoms with Gasteiger partial charge in [0.2, 0.25) is 0 Å². The molecule has 3 nitrogen and oxygen atoms in total. The summed E-state index contributed by atoms with van der Waals surface area (Å²) in [5, 5.41) is 0. The van der Waals surface area contributed by atoms with Gasteiger partial charge in [-0.1, -0.05) is 0 Å². The van der Waals surface area contributed by atoms with Gasteiger partial charge in [-0.25, -0.2) is 9.37 Å². The molecule has 0 N–H and O–H groups in total. The Morgan fingerprint density at radius 3 is 2.82 bits per heavy atom. The molecule has 0 spiro atoms. The molecule has 0 saturated heterocycles. The van der Waals surface area contributed by atoms with Crippen molar-refractivity contribution in [2.24, 2.45) is 0 Å². The minimum Gasteiger partial charge on any atom is -0.464 e. The maximum Gasteiger partial charge on any atom is 0.166 e. The van der Waals surface area contributed by atoms with E-state index in [4.69, 9.17) is 4.42 Å². The second-order valence-electron chi connectivity index (χ2n) is 3.83. The molecule has 2 aromatic rings. The predicted molar refractivity (Wildman–Crippen MR) is 67.4 cm³/mol. The summed E-state index contributed by atoms with van der Waals surface area (Å²) in [6, 6.07) is 5.16. The van der Waals surface area contributed by atoms with E-state index in [0.29, 0.717) is 16.8 Å². The number of nitrogens with zero attached hydrogens (tertiary/aromatic N) is 2. The Labute approximate surface area is 107 Å². The lowest BCUT2D eigenvalue weighted by molar-refractivity contribution is 0.479. The third-order valence-corrected chi connectivity index (χ3v) is 2.77. The first kappa shape index (κ1) is 12.1. The van der Waals surface area contributed by atoms with Crippen LogP contribution in [0.4, 0.5) is 10.2 Å². The smallest absolute Gasteiger partial charge is 0.166 e. The Morgan fingerprint density at radius 2 is 2.24 bits per heavy atom. The third kappa shape index (κ3) is 2.85. The fourth-order valence-corrected chi connectivity index (χ4v) is 1.87. The number of hydrogen-bond acceptors (Lipinski definition) is 3. The molecule has 0 saturated carbocycles. The lowest BCUT2D eigenvalue weighted by Gasteiger charge is -2.17. The molecule has 2 aromatic heterocycles. The quantitative estimate of drug-likeness (QED) is 0.868. The molecule has 0 bridgehead atoms. The molecule has 0 aromatic carbocycles. The highest BCUT2D eigenvalue weighted by Gasteiger charge is 2.11. The molecule has 0 aliphatic rings. The largest absolute Gasteiger partial charge is 0.464 e. The second kappa shape index (κ2) is 4.87. The number of rotatable bonds is 3. The molecule has 0 aliphatic carbocycles. The van der Waals surface area contributed by atoms with Gasteiger partial charge < -0.3 is 9.32 Å². The molecule has 5 heteroatoms. The third-order valence-electron chi connectivity index (χ3n) is 2.34. The number of pyridine rings is 1. The Morgan fingerprint density at radius 1 is 1.47 bits per heavy atom. The zero-order valence-corrected chi connectivity index (χ0v) is 11.2. The van der Waals surface area contributed by atoms with E-state index in [1.54, 1.807) is 18.1 Å². The summed E-state index contributed by atoms with van der Waals surface area (Å²) < 4.78 is 19.7. The molecule has 0 radical (unpaired) electrons. The van der Waals surface area contributed by atoms with Crippen LogP contribution in [0, 0.1) is 12.7 Å². The van der Waals surface area contributed by atoms with Gasteiger partial charge in [-0.05, 0) is 41.1 Å². The average Bonchev–Trinajstić information content (AvgIpc) is 2.63. The van der Waals surface area contributed by atoms with Gasteiger partial charge >= 0.3 is 0 Å². The highest BCUT2D eigenvalue weighted by atomic mass is 79.9. The number of anilines is 1. The molecule has 90 valence electrons. The number of halogens is 2. The molecule has 17 heavy (non-hydrogen) atoms. The van der Waals surface area contributed by atoms with Crippen molar-refractivity contribution in [1.82, 2.24) is 4.98 Å². The maximum atomic E-state index is 13.6. The van der Waals surface area contributed by atoms with E-state index in [-0.39, 0.29) is 5.82 Å². The first-order valence-corrected chi connectivity index (χ1v) is 5.93. The molecule has 0 amide bonds. The van der Waals surface area contributed by atoms with Crippen LogP contribution in [0.25, 0.3) is 0 Å². The fraction of sp³-hybridized carbons (Fsp3) is 0.250. The van der Waals surface area contributed by atoms with Crippen LogP contribution in [-0.4, -0.2) is 12.0 Å². The van der Waals surface area contributed by atoms with Crippen LogP contribution in [0.2, 0.25) is 0 Å². The molecule has 2 rings (SSSR count). The Bertz CT molecular complexity index is 527. The van der Waals surface area contributed by atoms with Gasteiger partial charge in [0.05, 0.1) is 6.54 Å². The van der Waals surface area contributed by atoms with Gasteiger partial charge in [-0.15, -0.1) is 0 Å². The molecular weight excluding hydrogens is 287 g/mol. The molecule has 0 fully saturated rings. The van der Waals surface area contributed by atoms with Crippen molar-refractivity contribution in [3.63, 3.8) is 0 Å². The van der Waals surface area contributed by atoms with E-state index >= 15 is 0 Å². The first-order valence-electron chi connectivity index (χ1n) is 5.14. The van der Waals surface area contributed by atoms with Crippen LogP contribution in [0.3, 0.4) is 0 Å². The van der Waals surface area contributed by atoms with Crippen molar-refractivity contribution in [3.05, 3.63) is 46.2 Å². The zero-order valence-electron chi connectivity index (χ0n) is 9.58. The first-order chi connectivity index (χ1) is 8.06.